The number of nitrogens with one attached hydrogen (secondary N) is 1. The molecule has 1 aliphatic rings. The fourth-order valence-corrected chi connectivity index (χ4v) is 3.96. The summed E-state index contributed by atoms with van der Waals surface area (Å²) in [7, 11) is 1.64. The minimum Gasteiger partial charge on any atom is -0.399 e. The van der Waals surface area contributed by atoms with Crippen molar-refractivity contribution in [2.45, 2.75) is 26.3 Å². The first-order valence-corrected chi connectivity index (χ1v) is 10.8. The van der Waals surface area contributed by atoms with E-state index in [-0.39, 0.29) is 11.8 Å². The number of ether oxygens (including phenoxy) is 1. The van der Waals surface area contributed by atoms with E-state index in [1.165, 1.54) is 0 Å². The van der Waals surface area contributed by atoms with Gasteiger partial charge in [0.15, 0.2) is 5.65 Å². The molecule has 1 atom stereocenters. The smallest absolute Gasteiger partial charge is 0.258 e. The Morgan fingerprint density at radius 3 is 2.84 bits per heavy atom. The molecule has 2 amide bonds. The topological polar surface area (TPSA) is 115 Å². The normalized spacial score (nSPS) is 15.9. The maximum atomic E-state index is 12.9. The van der Waals surface area contributed by atoms with Crippen LogP contribution in [0.4, 0.5) is 11.6 Å². The van der Waals surface area contributed by atoms with Crippen LogP contribution in [0.2, 0.25) is 0 Å². The van der Waals surface area contributed by atoms with Crippen LogP contribution in [-0.4, -0.2) is 58.1 Å². The van der Waals surface area contributed by atoms with E-state index < -0.39 is 0 Å². The minimum atomic E-state index is -0.317. The van der Waals surface area contributed by atoms with Crippen LogP contribution in [0, 0.1) is 5.92 Å². The van der Waals surface area contributed by atoms with Gasteiger partial charge in [0.2, 0.25) is 5.95 Å². The van der Waals surface area contributed by atoms with E-state index >= 15 is 0 Å². The number of carbonyl (C=O) groups excluding carboxylic acids is 2. The zero-order valence-corrected chi connectivity index (χ0v) is 18.4. The van der Waals surface area contributed by atoms with Gasteiger partial charge in [0.05, 0.1) is 5.56 Å². The number of likely N-dealkylation sites (tertiary alicyclic amines) is 1. The molecule has 1 fully saturated rings. The lowest BCUT2D eigenvalue weighted by Crippen LogP contribution is -2.28. The van der Waals surface area contributed by atoms with Crippen molar-refractivity contribution in [2.24, 2.45) is 5.92 Å². The van der Waals surface area contributed by atoms with Gasteiger partial charge >= 0.3 is 0 Å². The first kappa shape index (κ1) is 21.8. The predicted octanol–water partition coefficient (Wildman–Crippen LogP) is 2.78. The molecule has 0 aliphatic carbocycles. The first-order valence-electron chi connectivity index (χ1n) is 10.8. The number of hydrogen-bond donors (Lipinski definition) is 2. The number of aromatic nitrogens is 3. The van der Waals surface area contributed by atoms with Gasteiger partial charge in [-0.15, -0.1) is 0 Å². The van der Waals surface area contributed by atoms with Gasteiger partial charge in [-0.1, -0.05) is 13.0 Å². The second kappa shape index (κ2) is 9.35. The second-order valence-electron chi connectivity index (χ2n) is 8.22. The van der Waals surface area contributed by atoms with Crippen molar-refractivity contribution in [1.82, 2.24) is 19.4 Å². The van der Waals surface area contributed by atoms with Crippen LogP contribution in [-0.2, 0) is 11.3 Å². The van der Waals surface area contributed by atoms with E-state index in [9.17, 15) is 9.59 Å². The molecule has 0 spiro atoms. The number of imidazole rings is 1. The van der Waals surface area contributed by atoms with Gasteiger partial charge in [-0.2, -0.15) is 0 Å². The summed E-state index contributed by atoms with van der Waals surface area (Å²) in [5, 5.41) is 2.86. The Kier molecular flexibility index (Phi) is 6.36. The van der Waals surface area contributed by atoms with Crippen LogP contribution < -0.4 is 11.1 Å². The van der Waals surface area contributed by atoms with Crippen LogP contribution in [0.25, 0.3) is 11.2 Å². The van der Waals surface area contributed by atoms with Gasteiger partial charge in [0.25, 0.3) is 11.8 Å². The lowest BCUT2D eigenvalue weighted by atomic mass is 10.2. The van der Waals surface area contributed by atoms with Gasteiger partial charge in [0.1, 0.15) is 5.52 Å². The van der Waals surface area contributed by atoms with E-state index in [0.717, 1.165) is 25.9 Å². The highest BCUT2D eigenvalue weighted by Gasteiger charge is 2.25. The molecule has 168 valence electrons. The molecule has 32 heavy (non-hydrogen) atoms. The Bertz CT molecular complexity index is 1140. The Labute approximate surface area is 186 Å². The predicted molar refractivity (Wildman–Crippen MR) is 123 cm³/mol. The number of rotatable bonds is 7. The number of pyridine rings is 1. The number of nitrogen functional groups attached to an aromatic ring is 1. The number of nitrogens with two attached hydrogens (primary N) is 1. The molecule has 3 N–H and O–H groups in total. The second-order valence-corrected chi connectivity index (χ2v) is 8.22. The average Bonchev–Trinajstić information content (AvgIpc) is 3.36. The molecule has 1 aromatic carbocycles. The van der Waals surface area contributed by atoms with E-state index in [1.807, 2.05) is 9.47 Å². The number of fused-ring (bicyclic) bond motifs is 1. The Morgan fingerprint density at radius 1 is 1.28 bits per heavy atom. The molecule has 2 aromatic heterocycles. The highest BCUT2D eigenvalue weighted by Crippen LogP contribution is 2.23. The van der Waals surface area contributed by atoms with Crippen molar-refractivity contribution in [3.8, 4) is 0 Å². The van der Waals surface area contributed by atoms with E-state index in [1.54, 1.807) is 43.6 Å². The van der Waals surface area contributed by atoms with Crippen LogP contribution in [0.1, 0.15) is 40.5 Å². The Morgan fingerprint density at radius 2 is 2.12 bits per heavy atom. The third kappa shape index (κ3) is 4.57. The molecule has 1 saturated heterocycles. The molecule has 9 nitrogen and oxygen atoms in total. The highest BCUT2D eigenvalue weighted by atomic mass is 16.5. The molecule has 0 radical (unpaired) electrons. The number of amides is 2. The summed E-state index contributed by atoms with van der Waals surface area (Å²) in [6.07, 6.45) is 3.32. The summed E-state index contributed by atoms with van der Waals surface area (Å²) in [6, 6.07) is 8.50. The molecule has 0 unspecified atom stereocenters. The number of hydrogen-bond acceptors (Lipinski definition) is 6. The fourth-order valence-electron chi connectivity index (χ4n) is 3.96. The van der Waals surface area contributed by atoms with Crippen molar-refractivity contribution in [3.63, 3.8) is 0 Å². The molecule has 0 bridgehead atoms. The standard InChI is InChI=1S/C23H28N6O3/c1-15-7-9-28(14-15)22(31)17-12-19-20(25-13-17)29(8-4-10-32-2)23(26-19)27-21(30)16-5-3-6-18(24)11-16/h3,5-6,11-13,15H,4,7-10,14,24H2,1-2H3,(H,26,27,30)/t15-/m0/s1. The van der Waals surface area contributed by atoms with Crippen molar-refractivity contribution in [2.75, 3.05) is 37.9 Å². The minimum absolute atomic E-state index is 0.0389. The summed E-state index contributed by atoms with van der Waals surface area (Å²) in [5.74, 6) is 0.519. The lowest BCUT2D eigenvalue weighted by Gasteiger charge is -2.15. The molecule has 0 saturated carbocycles. The summed E-state index contributed by atoms with van der Waals surface area (Å²) in [5.41, 5.74) is 8.42. The van der Waals surface area contributed by atoms with Gasteiger partial charge in [-0.3, -0.25) is 19.5 Å². The average molecular weight is 437 g/mol. The van der Waals surface area contributed by atoms with E-state index in [0.29, 0.717) is 53.0 Å². The summed E-state index contributed by atoms with van der Waals surface area (Å²) in [6.45, 7) is 4.77. The summed E-state index contributed by atoms with van der Waals surface area (Å²) >= 11 is 0. The molecule has 4 rings (SSSR count). The number of anilines is 2. The zero-order valence-electron chi connectivity index (χ0n) is 18.4. The molecule has 3 heterocycles. The summed E-state index contributed by atoms with van der Waals surface area (Å²) in [4.78, 5) is 36.6. The van der Waals surface area contributed by atoms with E-state index in [2.05, 4.69) is 22.2 Å². The van der Waals surface area contributed by atoms with Crippen LogP contribution >= 0.6 is 0 Å². The SMILES string of the molecule is COCCCn1c(NC(=O)c2cccc(N)c2)nc2cc(C(=O)N3CC[C@H](C)C3)cnc21. The number of methoxy groups -OCH3 is 1. The summed E-state index contributed by atoms with van der Waals surface area (Å²) < 4.78 is 7.00. The third-order valence-corrected chi connectivity index (χ3v) is 5.65. The fraction of sp³-hybridized carbons (Fsp3) is 0.391. The molecule has 9 heteroatoms. The molecular weight excluding hydrogens is 408 g/mol. The van der Waals surface area contributed by atoms with Crippen molar-refractivity contribution in [3.05, 3.63) is 47.7 Å². The van der Waals surface area contributed by atoms with Crippen molar-refractivity contribution in [1.29, 1.82) is 0 Å². The van der Waals surface area contributed by atoms with Crippen LogP contribution in [0.3, 0.4) is 0 Å². The quantitative estimate of drug-likeness (QED) is 0.435. The van der Waals surface area contributed by atoms with Gasteiger partial charge in [-0.05, 0) is 43.0 Å². The molecule has 3 aromatic rings. The van der Waals surface area contributed by atoms with Crippen molar-refractivity contribution < 1.29 is 14.3 Å². The highest BCUT2D eigenvalue weighted by molar-refractivity contribution is 6.04. The maximum absolute atomic E-state index is 12.9. The number of carbonyl (C=O) groups is 2. The largest absolute Gasteiger partial charge is 0.399 e. The molecule has 1 aliphatic heterocycles. The zero-order chi connectivity index (χ0) is 22.7. The number of benzene rings is 1. The van der Waals surface area contributed by atoms with E-state index in [4.69, 9.17) is 10.5 Å². The van der Waals surface area contributed by atoms with Crippen LogP contribution in [0.5, 0.6) is 0 Å². The lowest BCUT2D eigenvalue weighted by molar-refractivity contribution is 0.0787. The first-order chi connectivity index (χ1) is 15.5. The maximum Gasteiger partial charge on any atom is 0.258 e. The number of nitrogens with zero attached hydrogens (tertiary/aromatic N) is 4. The van der Waals surface area contributed by atoms with Gasteiger partial charge in [-0.25, -0.2) is 9.97 Å². The number of aryl methyl sites for hydroxylation is 1. The Hall–Kier alpha value is -3.46. The van der Waals surface area contributed by atoms with Gasteiger partial charge in [0, 0.05) is 50.8 Å². The van der Waals surface area contributed by atoms with Crippen LogP contribution in [0.15, 0.2) is 36.5 Å². The Balaban J connectivity index is 1.64. The monoisotopic (exact) mass is 436 g/mol. The molecular formula is C23H28N6O3. The third-order valence-electron chi connectivity index (χ3n) is 5.65. The van der Waals surface area contributed by atoms with Gasteiger partial charge < -0.3 is 15.4 Å². The van der Waals surface area contributed by atoms with Crippen molar-refractivity contribution >= 4 is 34.6 Å².